The van der Waals surface area contributed by atoms with Crippen LogP contribution in [0.5, 0.6) is 11.8 Å². The molecule has 0 aliphatic carbocycles. The number of aromatic nitrogens is 3. The Hall–Kier alpha value is -4.11. The molecule has 3 aromatic heterocycles. The first-order valence-corrected chi connectivity index (χ1v) is 11.0. The van der Waals surface area contributed by atoms with Gasteiger partial charge in [0.15, 0.2) is 0 Å². The fourth-order valence-electron chi connectivity index (χ4n) is 3.80. The van der Waals surface area contributed by atoms with Crippen molar-refractivity contribution in [2.24, 2.45) is 0 Å². The third-order valence-corrected chi connectivity index (χ3v) is 6.66. The number of aryl methyl sites for hydroxylation is 3. The molecule has 164 valence electrons. The van der Waals surface area contributed by atoms with E-state index < -0.39 is 4.92 Å². The molecule has 0 N–H and O–H groups in total. The summed E-state index contributed by atoms with van der Waals surface area (Å²) in [6.07, 6.45) is 0. The SMILES string of the molecule is Cc1sc2nc(C)c3c(=O)n(-c4ccccc4)c(Oc4ccc([N+](=O)[O-])cc4)nc3c2c1C. The summed E-state index contributed by atoms with van der Waals surface area (Å²) in [5.74, 6) is 0.330. The molecule has 5 rings (SSSR count). The third kappa shape index (κ3) is 3.42. The lowest BCUT2D eigenvalue weighted by molar-refractivity contribution is -0.384. The molecular formula is C24H18N4O4S. The molecule has 0 unspecified atom stereocenters. The van der Waals surface area contributed by atoms with Gasteiger partial charge in [-0.15, -0.1) is 11.3 Å². The number of non-ortho nitro benzene ring substituents is 1. The van der Waals surface area contributed by atoms with Gasteiger partial charge in [-0.25, -0.2) is 9.55 Å². The quantitative estimate of drug-likeness (QED) is 0.256. The van der Waals surface area contributed by atoms with Gasteiger partial charge < -0.3 is 4.74 Å². The van der Waals surface area contributed by atoms with Crippen molar-refractivity contribution in [2.45, 2.75) is 20.8 Å². The van der Waals surface area contributed by atoms with Crippen molar-refractivity contribution in [1.82, 2.24) is 14.5 Å². The second-order valence-corrected chi connectivity index (χ2v) is 8.81. The monoisotopic (exact) mass is 458 g/mol. The number of hydrogen-bond acceptors (Lipinski definition) is 7. The average molecular weight is 458 g/mol. The molecule has 0 aliphatic heterocycles. The minimum absolute atomic E-state index is 0.0537. The van der Waals surface area contributed by atoms with Crippen LogP contribution < -0.4 is 10.3 Å². The van der Waals surface area contributed by atoms with E-state index in [2.05, 4.69) is 4.98 Å². The maximum Gasteiger partial charge on any atom is 0.310 e. The number of para-hydroxylation sites is 1. The lowest BCUT2D eigenvalue weighted by Gasteiger charge is -2.15. The molecule has 8 nitrogen and oxygen atoms in total. The fraction of sp³-hybridized carbons (Fsp3) is 0.125. The standard InChI is InChI=1S/C24H18N4O4S/c1-13-15(3)33-22-19(13)21-20(14(2)25-22)23(29)27(16-7-5-4-6-8-16)24(26-21)32-18-11-9-17(10-12-18)28(30)31/h4-12H,1-3H3. The first-order chi connectivity index (χ1) is 15.8. The van der Waals surface area contributed by atoms with Gasteiger partial charge in [0.2, 0.25) is 0 Å². The van der Waals surface area contributed by atoms with Crippen LogP contribution in [0.3, 0.4) is 0 Å². The van der Waals surface area contributed by atoms with E-state index in [0.29, 0.717) is 28.0 Å². The van der Waals surface area contributed by atoms with E-state index in [1.165, 1.54) is 28.8 Å². The van der Waals surface area contributed by atoms with E-state index in [4.69, 9.17) is 9.72 Å². The van der Waals surface area contributed by atoms with Gasteiger partial charge in [0, 0.05) is 22.4 Å². The molecule has 33 heavy (non-hydrogen) atoms. The van der Waals surface area contributed by atoms with Crippen LogP contribution in [0.25, 0.3) is 26.8 Å². The molecule has 0 saturated heterocycles. The van der Waals surface area contributed by atoms with E-state index in [9.17, 15) is 14.9 Å². The molecule has 2 aromatic carbocycles. The summed E-state index contributed by atoms with van der Waals surface area (Å²) in [4.78, 5) is 35.7. The number of nitro groups is 1. The van der Waals surface area contributed by atoms with Gasteiger partial charge in [0.05, 0.1) is 27.2 Å². The zero-order chi connectivity index (χ0) is 23.3. The van der Waals surface area contributed by atoms with Crippen LogP contribution in [0, 0.1) is 30.9 Å². The Morgan fingerprint density at radius 1 is 0.970 bits per heavy atom. The molecule has 0 spiro atoms. The fourth-order valence-corrected chi connectivity index (χ4v) is 4.88. The Kier molecular flexibility index (Phi) is 4.90. The first-order valence-electron chi connectivity index (χ1n) is 10.2. The van der Waals surface area contributed by atoms with Crippen LogP contribution in [-0.4, -0.2) is 19.5 Å². The number of hydrogen-bond donors (Lipinski definition) is 0. The number of nitro benzene ring substituents is 1. The molecule has 0 saturated carbocycles. The summed E-state index contributed by atoms with van der Waals surface area (Å²) in [5, 5.41) is 12.3. The third-order valence-electron chi connectivity index (χ3n) is 5.56. The van der Waals surface area contributed by atoms with Crippen LogP contribution in [0.4, 0.5) is 5.69 Å². The molecule has 0 fully saturated rings. The molecule has 0 atom stereocenters. The lowest BCUT2D eigenvalue weighted by atomic mass is 10.1. The molecule has 0 amide bonds. The number of rotatable bonds is 4. The van der Waals surface area contributed by atoms with E-state index in [1.807, 2.05) is 32.0 Å². The number of pyridine rings is 1. The Labute approximate surface area is 191 Å². The molecule has 9 heteroatoms. The molecule has 3 heterocycles. The second-order valence-electron chi connectivity index (χ2n) is 7.61. The summed E-state index contributed by atoms with van der Waals surface area (Å²) >= 11 is 1.56. The number of nitrogens with zero attached hydrogens (tertiary/aromatic N) is 4. The predicted molar refractivity (Wildman–Crippen MR) is 128 cm³/mol. The van der Waals surface area contributed by atoms with Crippen LogP contribution in [0.1, 0.15) is 16.1 Å². The number of ether oxygens (including phenoxy) is 1. The topological polar surface area (TPSA) is 100 Å². The highest BCUT2D eigenvalue weighted by Gasteiger charge is 2.21. The van der Waals surface area contributed by atoms with E-state index in [1.54, 1.807) is 30.4 Å². The van der Waals surface area contributed by atoms with Crippen molar-refractivity contribution in [3.63, 3.8) is 0 Å². The lowest BCUT2D eigenvalue weighted by Crippen LogP contribution is -2.22. The van der Waals surface area contributed by atoms with Gasteiger partial charge in [0.25, 0.3) is 11.2 Å². The molecule has 5 aromatic rings. The summed E-state index contributed by atoms with van der Waals surface area (Å²) in [7, 11) is 0. The van der Waals surface area contributed by atoms with Crippen LogP contribution in [0.2, 0.25) is 0 Å². The first kappa shape index (κ1) is 20.8. The normalized spacial score (nSPS) is 11.2. The van der Waals surface area contributed by atoms with Gasteiger partial charge in [-0.2, -0.15) is 4.98 Å². The molecule has 0 bridgehead atoms. The van der Waals surface area contributed by atoms with Crippen LogP contribution >= 0.6 is 11.3 Å². The summed E-state index contributed by atoms with van der Waals surface area (Å²) < 4.78 is 7.44. The van der Waals surface area contributed by atoms with Crippen molar-refractivity contribution in [3.8, 4) is 17.4 Å². The number of thiophene rings is 1. The van der Waals surface area contributed by atoms with Gasteiger partial charge in [0.1, 0.15) is 10.6 Å². The van der Waals surface area contributed by atoms with Crippen molar-refractivity contribution in [1.29, 1.82) is 0 Å². The highest BCUT2D eigenvalue weighted by molar-refractivity contribution is 7.18. The minimum Gasteiger partial charge on any atom is -0.425 e. The molecule has 0 radical (unpaired) electrons. The van der Waals surface area contributed by atoms with Crippen LogP contribution in [0.15, 0.2) is 59.4 Å². The molecular weight excluding hydrogens is 440 g/mol. The predicted octanol–water partition coefficient (Wildman–Crippen LogP) is 5.62. The zero-order valence-corrected chi connectivity index (χ0v) is 18.8. The highest BCUT2D eigenvalue weighted by Crippen LogP contribution is 2.35. The van der Waals surface area contributed by atoms with E-state index in [-0.39, 0.29) is 17.3 Å². The summed E-state index contributed by atoms with van der Waals surface area (Å²) in [6, 6.07) is 14.8. The summed E-state index contributed by atoms with van der Waals surface area (Å²) in [6.45, 7) is 5.82. The van der Waals surface area contributed by atoms with Gasteiger partial charge in [-0.05, 0) is 50.6 Å². The Morgan fingerprint density at radius 2 is 1.67 bits per heavy atom. The van der Waals surface area contributed by atoms with Crippen molar-refractivity contribution in [3.05, 3.63) is 91.2 Å². The smallest absolute Gasteiger partial charge is 0.310 e. The van der Waals surface area contributed by atoms with E-state index in [0.717, 1.165) is 20.7 Å². The van der Waals surface area contributed by atoms with Crippen molar-refractivity contribution >= 4 is 38.1 Å². The number of fused-ring (bicyclic) bond motifs is 3. The Bertz CT molecular complexity index is 1610. The van der Waals surface area contributed by atoms with Gasteiger partial charge in [-0.1, -0.05) is 18.2 Å². The average Bonchev–Trinajstić information content (AvgIpc) is 3.07. The van der Waals surface area contributed by atoms with Crippen LogP contribution in [-0.2, 0) is 0 Å². The van der Waals surface area contributed by atoms with Crippen molar-refractivity contribution in [2.75, 3.05) is 0 Å². The van der Waals surface area contributed by atoms with Gasteiger partial charge in [-0.3, -0.25) is 14.9 Å². The largest absolute Gasteiger partial charge is 0.425 e. The van der Waals surface area contributed by atoms with Gasteiger partial charge >= 0.3 is 6.01 Å². The number of benzene rings is 2. The zero-order valence-electron chi connectivity index (χ0n) is 18.0. The molecule has 0 aliphatic rings. The van der Waals surface area contributed by atoms with E-state index >= 15 is 0 Å². The minimum atomic E-state index is -0.480. The Balaban J connectivity index is 1.82. The highest BCUT2D eigenvalue weighted by atomic mass is 32.1. The van der Waals surface area contributed by atoms with Crippen molar-refractivity contribution < 1.29 is 9.66 Å². The Morgan fingerprint density at radius 3 is 2.33 bits per heavy atom. The maximum atomic E-state index is 13.8. The maximum absolute atomic E-state index is 13.8. The second kappa shape index (κ2) is 7.79. The summed E-state index contributed by atoms with van der Waals surface area (Å²) in [5.41, 5.74) is 2.40.